The van der Waals surface area contributed by atoms with Crippen LogP contribution in [0.2, 0.25) is 0 Å². The van der Waals surface area contributed by atoms with E-state index in [4.69, 9.17) is 28.4 Å². The number of pyridine rings is 1. The second-order valence-corrected chi connectivity index (χ2v) is 8.05. The number of carbonyl (C=O) groups excluding carboxylic acids is 2. The topological polar surface area (TPSA) is 102 Å². The molecule has 0 bridgehead atoms. The first-order valence-electron chi connectivity index (χ1n) is 11.1. The van der Waals surface area contributed by atoms with Crippen LogP contribution in [0.15, 0.2) is 48.4 Å². The minimum atomic E-state index is -0.470. The summed E-state index contributed by atoms with van der Waals surface area (Å²) in [4.78, 5) is 30.0. The van der Waals surface area contributed by atoms with E-state index in [0.717, 1.165) is 0 Å². The number of ether oxygens (including phenoxy) is 6. The summed E-state index contributed by atoms with van der Waals surface area (Å²) >= 11 is 0. The third-order valence-electron chi connectivity index (χ3n) is 6.19. The molecule has 5 rings (SSSR count). The van der Waals surface area contributed by atoms with E-state index in [0.29, 0.717) is 56.9 Å². The van der Waals surface area contributed by atoms with Crippen LogP contribution in [0, 0.1) is 0 Å². The van der Waals surface area contributed by atoms with E-state index in [9.17, 15) is 9.59 Å². The molecule has 0 saturated heterocycles. The van der Waals surface area contributed by atoms with Gasteiger partial charge >= 0.3 is 5.97 Å². The molecule has 1 unspecified atom stereocenters. The third kappa shape index (κ3) is 3.69. The van der Waals surface area contributed by atoms with Crippen LogP contribution < -0.4 is 23.7 Å². The van der Waals surface area contributed by atoms with Crippen molar-refractivity contribution < 1.29 is 38.0 Å². The Hall–Kier alpha value is -4.53. The van der Waals surface area contributed by atoms with Crippen LogP contribution in [0.1, 0.15) is 39.4 Å². The van der Waals surface area contributed by atoms with Gasteiger partial charge in [0.2, 0.25) is 17.4 Å². The third-order valence-corrected chi connectivity index (χ3v) is 6.19. The number of rotatable bonds is 6. The molecule has 1 aromatic heterocycles. The Labute approximate surface area is 207 Å². The molecule has 0 fully saturated rings. The molecule has 0 N–H and O–H groups in total. The molecule has 2 aromatic carbocycles. The predicted octanol–water partition coefficient (Wildman–Crippen LogP) is 4.52. The summed E-state index contributed by atoms with van der Waals surface area (Å²) in [7, 11) is 5.87. The van der Waals surface area contributed by atoms with Crippen molar-refractivity contribution in [2.45, 2.75) is 12.3 Å². The van der Waals surface area contributed by atoms with Gasteiger partial charge in [-0.25, -0.2) is 4.98 Å². The summed E-state index contributed by atoms with van der Waals surface area (Å²) in [6.07, 6.45) is 3.23. The molecule has 9 heteroatoms. The van der Waals surface area contributed by atoms with Gasteiger partial charge < -0.3 is 28.4 Å². The molecule has 1 atom stereocenters. The highest BCUT2D eigenvalue weighted by molar-refractivity contribution is 6.15. The molecule has 2 aliphatic heterocycles. The van der Waals surface area contributed by atoms with Gasteiger partial charge in [-0.1, -0.05) is 6.07 Å². The molecular weight excluding hydrogens is 466 g/mol. The lowest BCUT2D eigenvalue weighted by atomic mass is 9.85. The lowest BCUT2D eigenvalue weighted by Gasteiger charge is -2.27. The first kappa shape index (κ1) is 23.2. The second kappa shape index (κ2) is 9.26. The lowest BCUT2D eigenvalue weighted by molar-refractivity contribution is -0.140. The maximum absolute atomic E-state index is 13.4. The van der Waals surface area contributed by atoms with E-state index >= 15 is 0 Å². The van der Waals surface area contributed by atoms with Gasteiger partial charge in [0.25, 0.3) is 0 Å². The number of ketones is 1. The SMILES string of the molecule is COC(=O)CC1c2cccnc2Oc2ccc3c(c21)O/C(=C\c1ccc(OC)c(OC)c1OC)C3=O. The summed E-state index contributed by atoms with van der Waals surface area (Å²) in [6, 6.07) is 10.4. The maximum atomic E-state index is 13.4. The number of hydrogen-bond acceptors (Lipinski definition) is 9. The van der Waals surface area contributed by atoms with E-state index < -0.39 is 11.9 Å². The van der Waals surface area contributed by atoms with Gasteiger partial charge in [0, 0.05) is 28.8 Å². The van der Waals surface area contributed by atoms with Crippen molar-refractivity contribution in [1.29, 1.82) is 0 Å². The fraction of sp³-hybridized carbons (Fsp3) is 0.222. The minimum Gasteiger partial charge on any atom is -0.493 e. The molecule has 3 aromatic rings. The monoisotopic (exact) mass is 489 g/mol. The fourth-order valence-electron chi connectivity index (χ4n) is 4.53. The number of methoxy groups -OCH3 is 4. The number of nitrogens with zero attached hydrogens (tertiary/aromatic N) is 1. The molecule has 0 radical (unpaired) electrons. The lowest BCUT2D eigenvalue weighted by Crippen LogP contribution is -2.16. The van der Waals surface area contributed by atoms with Crippen molar-refractivity contribution in [3.05, 3.63) is 70.6 Å². The first-order chi connectivity index (χ1) is 17.5. The summed E-state index contributed by atoms with van der Waals surface area (Å²) in [5.41, 5.74) is 2.23. The molecule has 184 valence electrons. The molecule has 2 aliphatic rings. The van der Waals surface area contributed by atoms with Crippen LogP contribution in [0.3, 0.4) is 0 Å². The minimum absolute atomic E-state index is 0.0299. The summed E-state index contributed by atoms with van der Waals surface area (Å²) < 4.78 is 33.4. The van der Waals surface area contributed by atoms with Crippen LogP contribution in [-0.2, 0) is 9.53 Å². The molecule has 3 heterocycles. The van der Waals surface area contributed by atoms with Gasteiger partial charge in [-0.3, -0.25) is 9.59 Å². The number of carbonyl (C=O) groups is 2. The zero-order valence-corrected chi connectivity index (χ0v) is 20.1. The van der Waals surface area contributed by atoms with Gasteiger partial charge in [0.05, 0.1) is 40.4 Å². The number of benzene rings is 2. The van der Waals surface area contributed by atoms with Crippen molar-refractivity contribution in [3.63, 3.8) is 0 Å². The van der Waals surface area contributed by atoms with E-state index in [1.807, 2.05) is 6.07 Å². The van der Waals surface area contributed by atoms with Crippen molar-refractivity contribution in [2.24, 2.45) is 0 Å². The number of hydrogen-bond donors (Lipinski definition) is 0. The van der Waals surface area contributed by atoms with Crippen molar-refractivity contribution in [3.8, 4) is 34.6 Å². The van der Waals surface area contributed by atoms with E-state index in [1.54, 1.807) is 42.6 Å². The number of fused-ring (bicyclic) bond motifs is 4. The number of Topliss-reactive ketones (excluding diaryl/α,β-unsaturated/α-hetero) is 1. The standard InChI is InChI=1S/C27H23NO8/c1-31-19-9-7-14(24(33-3)26(19)34-4)12-20-23(30)16-8-10-18-22(25(16)35-20)17(13-21(29)32-2)15-6-5-11-28-27(15)36-18/h5-12,17H,13H2,1-4H3/b20-12-. The largest absolute Gasteiger partial charge is 0.493 e. The van der Waals surface area contributed by atoms with Gasteiger partial charge in [-0.05, 0) is 36.4 Å². The normalized spacial score (nSPS) is 16.3. The van der Waals surface area contributed by atoms with Crippen molar-refractivity contribution in [2.75, 3.05) is 28.4 Å². The highest BCUT2D eigenvalue weighted by atomic mass is 16.5. The number of aromatic nitrogens is 1. The average molecular weight is 489 g/mol. The zero-order chi connectivity index (χ0) is 25.4. The van der Waals surface area contributed by atoms with Gasteiger partial charge in [0.15, 0.2) is 17.3 Å². The smallest absolute Gasteiger partial charge is 0.306 e. The van der Waals surface area contributed by atoms with E-state index in [2.05, 4.69) is 4.98 Å². The van der Waals surface area contributed by atoms with Gasteiger partial charge in [-0.15, -0.1) is 0 Å². The highest BCUT2D eigenvalue weighted by Crippen LogP contribution is 2.52. The van der Waals surface area contributed by atoms with Gasteiger partial charge in [0.1, 0.15) is 11.5 Å². The summed E-state index contributed by atoms with van der Waals surface area (Å²) in [5.74, 6) is 1.39. The first-order valence-corrected chi connectivity index (χ1v) is 11.1. The maximum Gasteiger partial charge on any atom is 0.306 e. The molecule has 9 nitrogen and oxygen atoms in total. The van der Waals surface area contributed by atoms with E-state index in [1.165, 1.54) is 28.4 Å². The van der Waals surface area contributed by atoms with Crippen LogP contribution in [-0.4, -0.2) is 45.2 Å². The van der Waals surface area contributed by atoms with Crippen LogP contribution in [0.4, 0.5) is 0 Å². The van der Waals surface area contributed by atoms with Gasteiger partial charge in [-0.2, -0.15) is 0 Å². The van der Waals surface area contributed by atoms with Crippen LogP contribution >= 0.6 is 0 Å². The molecule has 0 amide bonds. The molecule has 0 aliphatic carbocycles. The molecule has 0 saturated carbocycles. The van der Waals surface area contributed by atoms with E-state index in [-0.39, 0.29) is 18.0 Å². The Morgan fingerprint density at radius 3 is 2.53 bits per heavy atom. The summed E-state index contributed by atoms with van der Waals surface area (Å²) in [6.45, 7) is 0. The van der Waals surface area contributed by atoms with Crippen molar-refractivity contribution in [1.82, 2.24) is 4.98 Å². The zero-order valence-electron chi connectivity index (χ0n) is 20.1. The van der Waals surface area contributed by atoms with Crippen LogP contribution in [0.25, 0.3) is 6.08 Å². The quantitative estimate of drug-likeness (QED) is 0.365. The fourth-order valence-corrected chi connectivity index (χ4v) is 4.53. The van der Waals surface area contributed by atoms with Crippen LogP contribution in [0.5, 0.6) is 34.6 Å². The molecule has 0 spiro atoms. The highest BCUT2D eigenvalue weighted by Gasteiger charge is 2.39. The number of allylic oxidation sites excluding steroid dienone is 1. The Morgan fingerprint density at radius 2 is 1.81 bits per heavy atom. The molecular formula is C27H23NO8. The Morgan fingerprint density at radius 1 is 1.00 bits per heavy atom. The van der Waals surface area contributed by atoms with Crippen molar-refractivity contribution >= 4 is 17.8 Å². The second-order valence-electron chi connectivity index (χ2n) is 8.05. The Bertz CT molecular complexity index is 1410. The summed E-state index contributed by atoms with van der Waals surface area (Å²) in [5, 5.41) is 0. The Kier molecular flexibility index (Phi) is 5.97. The predicted molar refractivity (Wildman–Crippen MR) is 128 cm³/mol. The number of esters is 1. The molecule has 36 heavy (non-hydrogen) atoms. The Balaban J connectivity index is 1.61. The average Bonchev–Trinajstić information content (AvgIpc) is 3.22.